The number of ether oxygens (including phenoxy) is 3. The fourth-order valence-corrected chi connectivity index (χ4v) is 6.09. The minimum Gasteiger partial charge on any atom is -0.480 e. The molecule has 40 heavy (non-hydrogen) atoms. The highest BCUT2D eigenvalue weighted by Gasteiger charge is 2.34. The Labute approximate surface area is 240 Å². The molecule has 4 aromatic rings. The van der Waals surface area contributed by atoms with E-state index in [-0.39, 0.29) is 12.1 Å². The SMILES string of the molecule is Cn1ncc2c1OCCN1CC[C@@H](Oc3cc(Br)ccc3/C=C/c3nn(C4CCCCO4)c4ccc-2cc34)C1=O. The largest absolute Gasteiger partial charge is 0.480 e. The Morgan fingerprint density at radius 3 is 2.83 bits per heavy atom. The summed E-state index contributed by atoms with van der Waals surface area (Å²) in [5, 5.41) is 10.5. The van der Waals surface area contributed by atoms with Gasteiger partial charge in [0.15, 0.2) is 12.3 Å². The molecule has 5 heterocycles. The normalized spacial score (nSPS) is 21.9. The fraction of sp³-hybridized carbons (Fsp3) is 0.367. The molecule has 2 aromatic heterocycles. The molecule has 4 bridgehead atoms. The molecular weight excluding hydrogens is 574 g/mol. The number of hydrogen-bond donors (Lipinski definition) is 0. The number of hydrogen-bond acceptors (Lipinski definition) is 6. The van der Waals surface area contributed by atoms with Crippen LogP contribution >= 0.6 is 15.9 Å². The van der Waals surface area contributed by atoms with Crippen molar-refractivity contribution in [3.63, 3.8) is 0 Å². The third-order valence-electron chi connectivity index (χ3n) is 7.87. The van der Waals surface area contributed by atoms with E-state index in [9.17, 15) is 4.79 Å². The molecule has 3 aliphatic rings. The second-order valence-electron chi connectivity index (χ2n) is 10.5. The Hall–Kier alpha value is -3.63. The van der Waals surface area contributed by atoms with Gasteiger partial charge in [-0.2, -0.15) is 10.2 Å². The van der Waals surface area contributed by atoms with Crippen LogP contribution in [0.25, 0.3) is 34.2 Å². The standard InChI is InChI=1S/C30H30BrN5O4/c1-34-30-23(18-32-34)20-7-10-25-22(16-20)24(33-36(25)28-4-2-3-14-38-28)9-6-19-5-8-21(31)17-27(19)40-26-11-12-35(29(26)37)13-15-39-30/h5-10,16-18,26,28H,2-4,11-15H2,1H3/b9-6+/t26-,28?/m1/s1. The summed E-state index contributed by atoms with van der Waals surface area (Å²) >= 11 is 3.56. The van der Waals surface area contributed by atoms with Gasteiger partial charge in [0, 0.05) is 42.0 Å². The highest BCUT2D eigenvalue weighted by molar-refractivity contribution is 9.10. The van der Waals surface area contributed by atoms with Gasteiger partial charge in [0.2, 0.25) is 5.88 Å². The van der Waals surface area contributed by atoms with Gasteiger partial charge in [0.25, 0.3) is 5.91 Å². The van der Waals surface area contributed by atoms with Gasteiger partial charge in [-0.15, -0.1) is 0 Å². The van der Waals surface area contributed by atoms with Crippen LogP contribution in [0.2, 0.25) is 0 Å². The Balaban J connectivity index is 1.38. The average molecular weight is 605 g/mol. The van der Waals surface area contributed by atoms with Crippen LogP contribution in [0.3, 0.4) is 0 Å². The number of nitrogens with zero attached hydrogens (tertiary/aromatic N) is 5. The number of rotatable bonds is 1. The lowest BCUT2D eigenvalue weighted by Crippen LogP contribution is -2.35. The van der Waals surface area contributed by atoms with E-state index in [1.54, 1.807) is 4.68 Å². The zero-order valence-electron chi connectivity index (χ0n) is 22.3. The summed E-state index contributed by atoms with van der Waals surface area (Å²) in [7, 11) is 1.87. The van der Waals surface area contributed by atoms with Crippen molar-refractivity contribution >= 4 is 44.9 Å². The third-order valence-corrected chi connectivity index (χ3v) is 8.37. The van der Waals surface area contributed by atoms with E-state index in [1.807, 2.05) is 53.2 Å². The predicted molar refractivity (Wildman–Crippen MR) is 155 cm³/mol. The van der Waals surface area contributed by atoms with E-state index in [1.165, 1.54) is 0 Å². The molecule has 2 fully saturated rings. The van der Waals surface area contributed by atoms with Crippen LogP contribution in [-0.4, -0.2) is 62.8 Å². The molecule has 0 aliphatic carbocycles. The number of aromatic nitrogens is 4. The smallest absolute Gasteiger partial charge is 0.263 e. The molecule has 1 amide bonds. The number of fused-ring (bicyclic) bond motifs is 6. The van der Waals surface area contributed by atoms with Crippen molar-refractivity contribution in [1.82, 2.24) is 24.5 Å². The number of amides is 1. The lowest BCUT2D eigenvalue weighted by Gasteiger charge is -2.23. The highest BCUT2D eigenvalue weighted by atomic mass is 79.9. The molecule has 2 saturated heterocycles. The third kappa shape index (κ3) is 4.58. The molecule has 2 atom stereocenters. The van der Waals surface area contributed by atoms with E-state index in [0.29, 0.717) is 37.7 Å². The minimum absolute atomic E-state index is 0.0207. The van der Waals surface area contributed by atoms with Gasteiger partial charge in [0.1, 0.15) is 12.4 Å². The van der Waals surface area contributed by atoms with E-state index >= 15 is 0 Å². The van der Waals surface area contributed by atoms with Crippen molar-refractivity contribution in [1.29, 1.82) is 0 Å². The molecular formula is C30H30BrN5O4. The molecule has 1 unspecified atom stereocenters. The first-order valence-corrected chi connectivity index (χ1v) is 14.6. The van der Waals surface area contributed by atoms with Gasteiger partial charge in [-0.05, 0) is 61.2 Å². The number of halogens is 1. The van der Waals surface area contributed by atoms with Crippen molar-refractivity contribution in [3.05, 3.63) is 58.3 Å². The summed E-state index contributed by atoms with van der Waals surface area (Å²) in [6, 6.07) is 12.2. The Bertz CT molecular complexity index is 1620. The minimum atomic E-state index is -0.534. The predicted octanol–water partition coefficient (Wildman–Crippen LogP) is 5.44. The summed E-state index contributed by atoms with van der Waals surface area (Å²) in [4.78, 5) is 15.0. The zero-order valence-corrected chi connectivity index (χ0v) is 23.8. The van der Waals surface area contributed by atoms with Crippen LogP contribution in [0.4, 0.5) is 0 Å². The first-order valence-electron chi connectivity index (χ1n) is 13.8. The summed E-state index contributed by atoms with van der Waals surface area (Å²) in [6.45, 7) is 2.21. The topological polar surface area (TPSA) is 83.6 Å². The van der Waals surface area contributed by atoms with Crippen molar-refractivity contribution in [2.24, 2.45) is 7.05 Å². The number of aryl methyl sites for hydroxylation is 1. The van der Waals surface area contributed by atoms with Crippen molar-refractivity contribution < 1.29 is 19.0 Å². The van der Waals surface area contributed by atoms with Gasteiger partial charge in [-0.1, -0.05) is 28.1 Å². The molecule has 9 nitrogen and oxygen atoms in total. The van der Waals surface area contributed by atoms with Crippen molar-refractivity contribution in [2.75, 3.05) is 26.3 Å². The van der Waals surface area contributed by atoms with Crippen LogP contribution in [0.15, 0.2) is 47.1 Å². The van der Waals surface area contributed by atoms with Gasteiger partial charge >= 0.3 is 0 Å². The van der Waals surface area contributed by atoms with Gasteiger partial charge in [-0.3, -0.25) is 4.79 Å². The zero-order chi connectivity index (χ0) is 27.2. The highest BCUT2D eigenvalue weighted by Crippen LogP contribution is 2.36. The van der Waals surface area contributed by atoms with Crippen LogP contribution in [0.1, 0.15) is 43.2 Å². The van der Waals surface area contributed by atoms with Gasteiger partial charge in [0.05, 0.1) is 29.5 Å². The first kappa shape index (κ1) is 25.3. The van der Waals surface area contributed by atoms with E-state index in [0.717, 1.165) is 63.6 Å². The maximum atomic E-state index is 13.2. The van der Waals surface area contributed by atoms with E-state index in [4.69, 9.17) is 19.3 Å². The van der Waals surface area contributed by atoms with Gasteiger partial charge in [-0.25, -0.2) is 9.36 Å². The molecule has 0 saturated carbocycles. The number of benzene rings is 2. The summed E-state index contributed by atoms with van der Waals surface area (Å²) in [6.07, 6.45) is 8.97. The van der Waals surface area contributed by atoms with Crippen LogP contribution < -0.4 is 9.47 Å². The van der Waals surface area contributed by atoms with Crippen LogP contribution in [0.5, 0.6) is 11.6 Å². The second kappa shape index (κ2) is 10.4. The second-order valence-corrected chi connectivity index (χ2v) is 11.4. The molecule has 0 N–H and O–H groups in total. The molecule has 2 aromatic carbocycles. The van der Waals surface area contributed by atoms with Crippen molar-refractivity contribution in [3.8, 4) is 22.8 Å². The van der Waals surface area contributed by atoms with Crippen LogP contribution in [-0.2, 0) is 16.6 Å². The number of carbonyl (C=O) groups excluding carboxylic acids is 1. The molecule has 3 aliphatic heterocycles. The number of carbonyl (C=O) groups is 1. The molecule has 7 rings (SSSR count). The maximum absolute atomic E-state index is 13.2. The van der Waals surface area contributed by atoms with Crippen LogP contribution in [0, 0.1) is 0 Å². The summed E-state index contributed by atoms with van der Waals surface area (Å²) < 4.78 is 23.3. The Kier molecular flexibility index (Phi) is 6.59. The van der Waals surface area contributed by atoms with Gasteiger partial charge < -0.3 is 19.1 Å². The maximum Gasteiger partial charge on any atom is 0.263 e. The average Bonchev–Trinajstić information content (AvgIpc) is 3.63. The first-order chi connectivity index (χ1) is 19.5. The Morgan fingerprint density at radius 2 is 1.95 bits per heavy atom. The molecule has 206 valence electrons. The molecule has 0 spiro atoms. The lowest BCUT2D eigenvalue weighted by atomic mass is 10.0. The summed E-state index contributed by atoms with van der Waals surface area (Å²) in [5.74, 6) is 1.30. The molecule has 0 radical (unpaired) electrons. The summed E-state index contributed by atoms with van der Waals surface area (Å²) in [5.41, 5.74) is 4.61. The fourth-order valence-electron chi connectivity index (χ4n) is 5.75. The van der Waals surface area contributed by atoms with Crippen molar-refractivity contribution in [2.45, 2.75) is 38.0 Å². The molecule has 10 heteroatoms. The quantitative estimate of drug-likeness (QED) is 0.288. The monoisotopic (exact) mass is 603 g/mol. The van der Waals surface area contributed by atoms with E-state index in [2.05, 4.69) is 39.2 Å². The van der Waals surface area contributed by atoms with E-state index < -0.39 is 6.10 Å². The lowest BCUT2D eigenvalue weighted by molar-refractivity contribution is -0.133. The Morgan fingerprint density at radius 1 is 1.02 bits per heavy atom.